The van der Waals surface area contributed by atoms with E-state index in [1.165, 1.54) is 18.2 Å². The van der Waals surface area contributed by atoms with Crippen molar-refractivity contribution in [3.63, 3.8) is 0 Å². The normalized spacial score (nSPS) is 12.2. The van der Waals surface area contributed by atoms with Gasteiger partial charge < -0.3 is 4.74 Å². The van der Waals surface area contributed by atoms with Crippen molar-refractivity contribution in [1.82, 2.24) is 0 Å². The highest BCUT2D eigenvalue weighted by molar-refractivity contribution is 6.19. The first-order valence-corrected chi connectivity index (χ1v) is 5.24. The van der Waals surface area contributed by atoms with Gasteiger partial charge in [0.25, 0.3) is 0 Å². The second-order valence-corrected chi connectivity index (χ2v) is 3.69. The minimum atomic E-state index is -4.56. The molecule has 6 heteroatoms. The Morgan fingerprint density at radius 3 is 2.26 bits per heavy atom. The van der Waals surface area contributed by atoms with Crippen LogP contribution in [0.4, 0.5) is 13.2 Å². The summed E-state index contributed by atoms with van der Waals surface area (Å²) < 4.78 is 42.6. The van der Waals surface area contributed by atoms with Crippen molar-refractivity contribution in [2.45, 2.75) is 13.1 Å². The van der Waals surface area contributed by atoms with Crippen LogP contribution in [0.3, 0.4) is 0 Å². The Morgan fingerprint density at radius 2 is 1.79 bits per heavy atom. The van der Waals surface area contributed by atoms with Crippen LogP contribution in [0, 0.1) is 0 Å². The molecule has 0 aliphatic carbocycles. The summed E-state index contributed by atoms with van der Waals surface area (Å²) in [6.45, 7) is 1.08. The van der Waals surface area contributed by atoms with Crippen LogP contribution < -0.4 is 0 Å². The lowest BCUT2D eigenvalue weighted by atomic mass is 10.0. The number of alkyl halides is 3. The van der Waals surface area contributed by atoms with Crippen LogP contribution in [0.15, 0.2) is 29.8 Å². The van der Waals surface area contributed by atoms with Gasteiger partial charge in [-0.05, 0) is 24.6 Å². The maximum atomic E-state index is 12.8. The molecule has 0 saturated heterocycles. The SMILES string of the molecule is COC(=O)/C(=C/c1ccccc1C(F)(F)F)C(C)=O. The first-order valence-electron chi connectivity index (χ1n) is 5.24. The lowest BCUT2D eigenvalue weighted by Gasteiger charge is -2.10. The van der Waals surface area contributed by atoms with Crippen LogP contribution in [0.1, 0.15) is 18.1 Å². The van der Waals surface area contributed by atoms with Crippen molar-refractivity contribution < 1.29 is 27.5 Å². The predicted molar refractivity (Wildman–Crippen MR) is 62.1 cm³/mol. The average Bonchev–Trinajstić information content (AvgIpc) is 2.34. The zero-order valence-corrected chi connectivity index (χ0v) is 10.2. The van der Waals surface area contributed by atoms with E-state index >= 15 is 0 Å². The molecule has 0 unspecified atom stereocenters. The zero-order valence-electron chi connectivity index (χ0n) is 10.2. The van der Waals surface area contributed by atoms with Gasteiger partial charge in [0.15, 0.2) is 5.78 Å². The second-order valence-electron chi connectivity index (χ2n) is 3.69. The van der Waals surface area contributed by atoms with E-state index in [0.29, 0.717) is 0 Å². The fraction of sp³-hybridized carbons (Fsp3) is 0.231. The zero-order chi connectivity index (χ0) is 14.6. The highest BCUT2D eigenvalue weighted by atomic mass is 19.4. The highest BCUT2D eigenvalue weighted by Gasteiger charge is 2.32. The van der Waals surface area contributed by atoms with E-state index in [2.05, 4.69) is 4.74 Å². The van der Waals surface area contributed by atoms with E-state index in [9.17, 15) is 22.8 Å². The number of ether oxygens (including phenoxy) is 1. The van der Waals surface area contributed by atoms with Crippen molar-refractivity contribution in [1.29, 1.82) is 0 Å². The molecule has 0 aliphatic rings. The third kappa shape index (κ3) is 3.67. The molecule has 3 nitrogen and oxygen atoms in total. The van der Waals surface area contributed by atoms with Crippen LogP contribution in [-0.4, -0.2) is 18.9 Å². The lowest BCUT2D eigenvalue weighted by molar-refractivity contribution is -0.139. The third-order valence-corrected chi connectivity index (χ3v) is 2.35. The quantitative estimate of drug-likeness (QED) is 0.368. The van der Waals surface area contributed by atoms with Gasteiger partial charge in [-0.3, -0.25) is 4.79 Å². The Morgan fingerprint density at radius 1 is 1.21 bits per heavy atom. The number of benzene rings is 1. The number of halogens is 3. The largest absolute Gasteiger partial charge is 0.465 e. The van der Waals surface area contributed by atoms with Crippen LogP contribution in [0.2, 0.25) is 0 Å². The predicted octanol–water partition coefficient (Wildman–Crippen LogP) is 2.85. The standard InChI is InChI=1S/C13H11F3O3/c1-8(17)10(12(18)19-2)7-9-5-3-4-6-11(9)13(14,15)16/h3-7H,1-2H3/b10-7+. The molecular formula is C13H11F3O3. The number of carbonyl (C=O) groups excluding carboxylic acids is 2. The molecule has 0 radical (unpaired) electrons. The smallest absolute Gasteiger partial charge is 0.416 e. The number of hydrogen-bond acceptors (Lipinski definition) is 3. The van der Waals surface area contributed by atoms with Gasteiger partial charge in [0, 0.05) is 0 Å². The number of methoxy groups -OCH3 is 1. The molecule has 0 aliphatic heterocycles. The summed E-state index contributed by atoms with van der Waals surface area (Å²) in [6.07, 6.45) is -3.68. The van der Waals surface area contributed by atoms with Gasteiger partial charge in [0.05, 0.1) is 12.7 Å². The molecule has 19 heavy (non-hydrogen) atoms. The molecule has 0 heterocycles. The summed E-state index contributed by atoms with van der Waals surface area (Å²) in [5, 5.41) is 0. The van der Waals surface area contributed by atoms with Gasteiger partial charge >= 0.3 is 12.1 Å². The summed E-state index contributed by atoms with van der Waals surface area (Å²) in [4.78, 5) is 22.6. The van der Waals surface area contributed by atoms with E-state index in [4.69, 9.17) is 0 Å². The molecule has 0 fully saturated rings. The number of rotatable bonds is 3. The van der Waals surface area contributed by atoms with Gasteiger partial charge in [-0.1, -0.05) is 18.2 Å². The number of hydrogen-bond donors (Lipinski definition) is 0. The third-order valence-electron chi connectivity index (χ3n) is 2.35. The molecule has 0 spiro atoms. The van der Waals surface area contributed by atoms with Crippen molar-refractivity contribution in [3.8, 4) is 0 Å². The van der Waals surface area contributed by atoms with Gasteiger partial charge in [0.2, 0.25) is 0 Å². The van der Waals surface area contributed by atoms with E-state index in [1.807, 2.05) is 0 Å². The Bertz CT molecular complexity index is 530. The summed E-state index contributed by atoms with van der Waals surface area (Å²) in [5.74, 6) is -1.63. The van der Waals surface area contributed by atoms with E-state index < -0.39 is 29.1 Å². The number of ketones is 1. The summed E-state index contributed by atoms with van der Waals surface area (Å²) in [5.41, 5.74) is -1.61. The van der Waals surface area contributed by atoms with E-state index in [0.717, 1.165) is 26.2 Å². The molecule has 0 bridgehead atoms. The number of esters is 1. The summed E-state index contributed by atoms with van der Waals surface area (Å²) in [6, 6.07) is 4.66. The van der Waals surface area contributed by atoms with Crippen molar-refractivity contribution in [2.75, 3.05) is 7.11 Å². The molecule has 0 amide bonds. The van der Waals surface area contributed by atoms with E-state index in [-0.39, 0.29) is 5.56 Å². The maximum absolute atomic E-state index is 12.8. The van der Waals surface area contributed by atoms with Crippen LogP contribution in [0.25, 0.3) is 6.08 Å². The van der Waals surface area contributed by atoms with Crippen molar-refractivity contribution >= 4 is 17.8 Å². The second kappa shape index (κ2) is 5.69. The minimum Gasteiger partial charge on any atom is -0.465 e. The number of Topliss-reactive ketones (excluding diaryl/α,β-unsaturated/α-hetero) is 1. The van der Waals surface area contributed by atoms with Crippen LogP contribution in [0.5, 0.6) is 0 Å². The minimum absolute atomic E-state index is 0.259. The van der Waals surface area contributed by atoms with Gasteiger partial charge in [-0.2, -0.15) is 13.2 Å². The van der Waals surface area contributed by atoms with Gasteiger partial charge in [-0.15, -0.1) is 0 Å². The molecule has 0 saturated carbocycles. The maximum Gasteiger partial charge on any atom is 0.416 e. The molecule has 0 N–H and O–H groups in total. The first-order chi connectivity index (χ1) is 8.77. The average molecular weight is 272 g/mol. The molecule has 0 aromatic heterocycles. The molecule has 1 aromatic rings. The Kier molecular flexibility index (Phi) is 4.47. The molecule has 1 rings (SSSR count). The first kappa shape index (κ1) is 14.9. The number of carbonyl (C=O) groups is 2. The monoisotopic (exact) mass is 272 g/mol. The molecule has 0 atom stereocenters. The highest BCUT2D eigenvalue weighted by Crippen LogP contribution is 2.32. The van der Waals surface area contributed by atoms with Gasteiger partial charge in [-0.25, -0.2) is 4.79 Å². The molecule has 102 valence electrons. The molecule has 1 aromatic carbocycles. The van der Waals surface area contributed by atoms with Crippen LogP contribution >= 0.6 is 0 Å². The summed E-state index contributed by atoms with van der Waals surface area (Å²) in [7, 11) is 1.05. The molecular weight excluding hydrogens is 261 g/mol. The summed E-state index contributed by atoms with van der Waals surface area (Å²) >= 11 is 0. The van der Waals surface area contributed by atoms with Gasteiger partial charge in [0.1, 0.15) is 5.57 Å². The lowest BCUT2D eigenvalue weighted by Crippen LogP contribution is -2.13. The Hall–Kier alpha value is -2.11. The van der Waals surface area contributed by atoms with E-state index in [1.54, 1.807) is 0 Å². The van der Waals surface area contributed by atoms with Crippen molar-refractivity contribution in [3.05, 3.63) is 41.0 Å². The Balaban J connectivity index is 3.38. The van der Waals surface area contributed by atoms with Crippen LogP contribution in [-0.2, 0) is 20.5 Å². The topological polar surface area (TPSA) is 43.4 Å². The fourth-order valence-electron chi connectivity index (χ4n) is 1.45. The Labute approximate surface area is 107 Å². The fourth-order valence-corrected chi connectivity index (χ4v) is 1.45. The van der Waals surface area contributed by atoms with Crippen molar-refractivity contribution in [2.24, 2.45) is 0 Å².